The predicted octanol–water partition coefficient (Wildman–Crippen LogP) is 1.72. The van der Waals surface area contributed by atoms with Gasteiger partial charge in [-0.3, -0.25) is 4.90 Å². The first-order valence-corrected chi connectivity index (χ1v) is 6.00. The Morgan fingerprint density at radius 1 is 1.62 bits per heavy atom. The Balaban J connectivity index is 2.01. The molecule has 1 aliphatic rings. The van der Waals surface area contributed by atoms with Gasteiger partial charge in [0, 0.05) is 6.04 Å². The van der Waals surface area contributed by atoms with Gasteiger partial charge in [-0.2, -0.15) is 0 Å². The molecule has 0 amide bonds. The Morgan fingerprint density at radius 2 is 2.44 bits per heavy atom. The zero-order valence-electron chi connectivity index (χ0n) is 10.0. The van der Waals surface area contributed by atoms with E-state index in [4.69, 9.17) is 4.42 Å². The molecular weight excluding hydrogens is 204 g/mol. The molecule has 90 valence electrons. The lowest BCUT2D eigenvalue weighted by Gasteiger charge is -2.36. The lowest BCUT2D eigenvalue weighted by atomic mass is 9.98. The fraction of sp³-hybridized carbons (Fsp3) is 0.750. The van der Waals surface area contributed by atoms with Gasteiger partial charge in [0.1, 0.15) is 5.76 Å². The van der Waals surface area contributed by atoms with E-state index in [1.54, 1.807) is 6.20 Å². The average Bonchev–Trinajstić information content (AvgIpc) is 2.64. The second-order valence-electron chi connectivity index (χ2n) is 4.64. The smallest absolute Gasteiger partial charge is 0.208 e. The first-order valence-electron chi connectivity index (χ1n) is 6.00. The van der Waals surface area contributed by atoms with Crippen LogP contribution in [0.25, 0.3) is 0 Å². The first kappa shape index (κ1) is 11.6. The van der Waals surface area contributed by atoms with Crippen molar-refractivity contribution in [2.75, 3.05) is 6.54 Å². The summed E-state index contributed by atoms with van der Waals surface area (Å²) in [6.07, 6.45) is 4.93. The van der Waals surface area contributed by atoms with Crippen LogP contribution in [0.4, 0.5) is 0 Å². The molecule has 1 fully saturated rings. The summed E-state index contributed by atoms with van der Waals surface area (Å²) >= 11 is 0. The fourth-order valence-corrected chi connectivity index (χ4v) is 2.41. The highest BCUT2D eigenvalue weighted by Crippen LogP contribution is 2.21. The van der Waals surface area contributed by atoms with Gasteiger partial charge >= 0.3 is 0 Å². The van der Waals surface area contributed by atoms with Crippen molar-refractivity contribution in [3.8, 4) is 0 Å². The number of piperidine rings is 1. The van der Waals surface area contributed by atoms with Gasteiger partial charge in [-0.25, -0.2) is 4.98 Å². The second kappa shape index (κ2) is 4.97. The quantitative estimate of drug-likeness (QED) is 0.849. The monoisotopic (exact) mass is 224 g/mol. The molecule has 0 radical (unpaired) electrons. The minimum absolute atomic E-state index is 0.251. The normalized spacial score (nSPS) is 24.6. The average molecular weight is 224 g/mol. The third-order valence-electron chi connectivity index (χ3n) is 3.23. The predicted molar refractivity (Wildman–Crippen MR) is 61.0 cm³/mol. The summed E-state index contributed by atoms with van der Waals surface area (Å²) in [5.74, 6) is 1.60. The van der Waals surface area contributed by atoms with E-state index in [0.717, 1.165) is 24.6 Å². The lowest BCUT2D eigenvalue weighted by molar-refractivity contribution is 0.0269. The van der Waals surface area contributed by atoms with Crippen LogP contribution in [0.1, 0.15) is 37.8 Å². The highest BCUT2D eigenvalue weighted by atomic mass is 16.4. The first-order chi connectivity index (χ1) is 7.66. The van der Waals surface area contributed by atoms with Crippen LogP contribution in [0.15, 0.2) is 10.6 Å². The van der Waals surface area contributed by atoms with Crippen molar-refractivity contribution in [2.24, 2.45) is 0 Å². The van der Waals surface area contributed by atoms with Crippen molar-refractivity contribution in [1.82, 2.24) is 9.88 Å². The second-order valence-corrected chi connectivity index (χ2v) is 4.64. The number of rotatable bonds is 3. The van der Waals surface area contributed by atoms with Crippen LogP contribution in [0.5, 0.6) is 0 Å². The summed E-state index contributed by atoms with van der Waals surface area (Å²) < 4.78 is 5.48. The maximum absolute atomic E-state index is 9.74. The number of aromatic nitrogens is 1. The van der Waals surface area contributed by atoms with Crippen LogP contribution >= 0.6 is 0 Å². The largest absolute Gasteiger partial charge is 0.445 e. The Hall–Kier alpha value is -0.870. The number of aliphatic hydroxyl groups is 1. The zero-order chi connectivity index (χ0) is 11.5. The number of nitrogens with zero attached hydrogens (tertiary/aromatic N) is 2. The number of hydrogen-bond donors (Lipinski definition) is 1. The van der Waals surface area contributed by atoms with Crippen LogP contribution in [0, 0.1) is 6.92 Å². The summed E-state index contributed by atoms with van der Waals surface area (Å²) in [6, 6.07) is 0.251. The van der Waals surface area contributed by atoms with E-state index in [1.807, 2.05) is 13.8 Å². The van der Waals surface area contributed by atoms with E-state index in [2.05, 4.69) is 9.88 Å². The molecule has 2 rings (SSSR count). The van der Waals surface area contributed by atoms with Crippen molar-refractivity contribution >= 4 is 0 Å². The summed E-state index contributed by atoms with van der Waals surface area (Å²) in [5, 5.41) is 9.74. The third kappa shape index (κ3) is 2.62. The van der Waals surface area contributed by atoms with Crippen molar-refractivity contribution < 1.29 is 9.52 Å². The minimum Gasteiger partial charge on any atom is -0.445 e. The molecule has 1 aromatic heterocycles. The molecule has 0 saturated carbocycles. The summed E-state index contributed by atoms with van der Waals surface area (Å²) in [4.78, 5) is 6.49. The molecule has 4 heteroatoms. The number of oxazole rings is 1. The Bertz CT molecular complexity index is 336. The molecule has 2 atom stereocenters. The third-order valence-corrected chi connectivity index (χ3v) is 3.23. The standard InChI is InChI=1S/C12H20N2O2/c1-9-7-13-12(16-9)8-14-6-4-3-5-11(14)10(2)15/h7,10-11,15H,3-6,8H2,1-2H3. The van der Waals surface area contributed by atoms with Crippen LogP contribution in [0.2, 0.25) is 0 Å². The molecule has 2 heterocycles. The number of likely N-dealkylation sites (tertiary alicyclic amines) is 1. The van der Waals surface area contributed by atoms with Gasteiger partial charge in [0.15, 0.2) is 0 Å². The van der Waals surface area contributed by atoms with Gasteiger partial charge in [0.2, 0.25) is 5.89 Å². The molecule has 1 N–H and O–H groups in total. The SMILES string of the molecule is Cc1cnc(CN2CCCCC2C(C)O)o1. The Kier molecular flexibility index (Phi) is 3.61. The van der Waals surface area contributed by atoms with Crippen molar-refractivity contribution in [1.29, 1.82) is 0 Å². The summed E-state index contributed by atoms with van der Waals surface area (Å²) in [5.41, 5.74) is 0. The van der Waals surface area contributed by atoms with Gasteiger partial charge in [0.25, 0.3) is 0 Å². The van der Waals surface area contributed by atoms with Crippen LogP contribution in [-0.2, 0) is 6.54 Å². The van der Waals surface area contributed by atoms with Crippen LogP contribution in [-0.4, -0.2) is 33.7 Å². The maximum atomic E-state index is 9.74. The number of aryl methyl sites for hydroxylation is 1. The molecule has 1 aliphatic heterocycles. The highest BCUT2D eigenvalue weighted by Gasteiger charge is 2.27. The highest BCUT2D eigenvalue weighted by molar-refractivity contribution is 4.92. The van der Waals surface area contributed by atoms with E-state index in [9.17, 15) is 5.11 Å². The minimum atomic E-state index is -0.281. The molecule has 2 unspecified atom stereocenters. The lowest BCUT2D eigenvalue weighted by Crippen LogP contribution is -2.45. The van der Waals surface area contributed by atoms with Crippen molar-refractivity contribution in [3.63, 3.8) is 0 Å². The molecule has 0 bridgehead atoms. The van der Waals surface area contributed by atoms with Crippen LogP contribution in [0.3, 0.4) is 0 Å². The van der Waals surface area contributed by atoms with Gasteiger partial charge in [-0.15, -0.1) is 0 Å². The van der Waals surface area contributed by atoms with E-state index in [1.165, 1.54) is 12.8 Å². The van der Waals surface area contributed by atoms with Gasteiger partial charge < -0.3 is 9.52 Å². The Labute approximate surface area is 96.3 Å². The van der Waals surface area contributed by atoms with E-state index >= 15 is 0 Å². The fourth-order valence-electron chi connectivity index (χ4n) is 2.41. The van der Waals surface area contributed by atoms with Crippen molar-refractivity contribution in [2.45, 2.75) is 51.8 Å². The molecule has 0 spiro atoms. The van der Waals surface area contributed by atoms with Crippen LogP contribution < -0.4 is 0 Å². The van der Waals surface area contributed by atoms with Gasteiger partial charge in [0.05, 0.1) is 18.8 Å². The summed E-state index contributed by atoms with van der Waals surface area (Å²) in [7, 11) is 0. The van der Waals surface area contributed by atoms with Gasteiger partial charge in [-0.05, 0) is 33.2 Å². The molecule has 0 aromatic carbocycles. The Morgan fingerprint density at radius 3 is 3.06 bits per heavy atom. The molecule has 1 saturated heterocycles. The topological polar surface area (TPSA) is 49.5 Å². The van der Waals surface area contributed by atoms with E-state index < -0.39 is 0 Å². The van der Waals surface area contributed by atoms with Gasteiger partial charge in [-0.1, -0.05) is 6.42 Å². The summed E-state index contributed by atoms with van der Waals surface area (Å²) in [6.45, 7) is 5.50. The van der Waals surface area contributed by atoms with E-state index in [0.29, 0.717) is 6.54 Å². The van der Waals surface area contributed by atoms with E-state index in [-0.39, 0.29) is 12.1 Å². The molecule has 1 aromatic rings. The molecule has 4 nitrogen and oxygen atoms in total. The number of hydrogen-bond acceptors (Lipinski definition) is 4. The molecule has 0 aliphatic carbocycles. The molecular formula is C12H20N2O2. The molecule has 16 heavy (non-hydrogen) atoms. The maximum Gasteiger partial charge on any atom is 0.208 e. The number of aliphatic hydroxyl groups excluding tert-OH is 1. The van der Waals surface area contributed by atoms with Crippen molar-refractivity contribution in [3.05, 3.63) is 17.8 Å². The zero-order valence-corrected chi connectivity index (χ0v) is 10.0.